The van der Waals surface area contributed by atoms with Crippen LogP contribution in [0.3, 0.4) is 0 Å². The normalized spacial score (nSPS) is 22.8. The van der Waals surface area contributed by atoms with Gasteiger partial charge in [0, 0.05) is 11.6 Å². The molecule has 1 aliphatic rings. The van der Waals surface area contributed by atoms with E-state index in [1.807, 2.05) is 0 Å². The summed E-state index contributed by atoms with van der Waals surface area (Å²) in [5.74, 6) is 1.09. The molecule has 0 aromatic heterocycles. The van der Waals surface area contributed by atoms with Crippen LogP contribution in [0.4, 0.5) is 4.39 Å². The molecule has 0 radical (unpaired) electrons. The number of benzene rings is 1. The smallest absolute Gasteiger partial charge is 0.123 e. The van der Waals surface area contributed by atoms with Crippen LogP contribution < -0.4 is 10.1 Å². The molecule has 1 N–H and O–H groups in total. The zero-order chi connectivity index (χ0) is 15.5. The second-order valence-corrected chi connectivity index (χ2v) is 6.76. The first kappa shape index (κ1) is 16.3. The fourth-order valence-corrected chi connectivity index (χ4v) is 3.78. The molecule has 1 fully saturated rings. The first-order valence-corrected chi connectivity index (χ1v) is 8.06. The quantitative estimate of drug-likeness (QED) is 0.849. The molecule has 0 heterocycles. The summed E-state index contributed by atoms with van der Waals surface area (Å²) in [7, 11) is 1.66. The van der Waals surface area contributed by atoms with Crippen LogP contribution in [0.2, 0.25) is 0 Å². The molecule has 2 nitrogen and oxygen atoms in total. The SMILES string of the molecule is CCNC(c1cc(F)ccc1OC)C1CCCCC1(C)C. The Bertz CT molecular complexity index is 472. The fraction of sp³-hybridized carbons (Fsp3) is 0.667. The number of hydrogen-bond acceptors (Lipinski definition) is 2. The van der Waals surface area contributed by atoms with Gasteiger partial charge in [0.1, 0.15) is 11.6 Å². The van der Waals surface area contributed by atoms with E-state index in [4.69, 9.17) is 4.74 Å². The van der Waals surface area contributed by atoms with E-state index in [9.17, 15) is 4.39 Å². The highest BCUT2D eigenvalue weighted by molar-refractivity contribution is 5.37. The van der Waals surface area contributed by atoms with E-state index in [-0.39, 0.29) is 17.3 Å². The molecule has 1 aromatic rings. The van der Waals surface area contributed by atoms with Crippen molar-refractivity contribution in [1.82, 2.24) is 5.32 Å². The van der Waals surface area contributed by atoms with Gasteiger partial charge in [-0.1, -0.05) is 33.6 Å². The molecule has 21 heavy (non-hydrogen) atoms. The van der Waals surface area contributed by atoms with Gasteiger partial charge in [0.25, 0.3) is 0 Å². The van der Waals surface area contributed by atoms with Crippen molar-refractivity contribution < 1.29 is 9.13 Å². The van der Waals surface area contributed by atoms with Gasteiger partial charge in [-0.3, -0.25) is 0 Å². The molecule has 1 aromatic carbocycles. The zero-order valence-electron chi connectivity index (χ0n) is 13.7. The Morgan fingerprint density at radius 3 is 2.76 bits per heavy atom. The van der Waals surface area contributed by atoms with Gasteiger partial charge in [0.15, 0.2) is 0 Å². The van der Waals surface area contributed by atoms with Gasteiger partial charge < -0.3 is 10.1 Å². The van der Waals surface area contributed by atoms with Crippen molar-refractivity contribution in [1.29, 1.82) is 0 Å². The predicted molar refractivity (Wildman–Crippen MR) is 85.1 cm³/mol. The molecular formula is C18H28FNO. The van der Waals surface area contributed by atoms with E-state index in [2.05, 4.69) is 26.1 Å². The summed E-state index contributed by atoms with van der Waals surface area (Å²) in [6.07, 6.45) is 4.97. The molecule has 0 bridgehead atoms. The van der Waals surface area contributed by atoms with Crippen molar-refractivity contribution in [3.63, 3.8) is 0 Å². The van der Waals surface area contributed by atoms with Gasteiger partial charge in [-0.25, -0.2) is 4.39 Å². The molecule has 1 aliphatic carbocycles. The lowest BCUT2D eigenvalue weighted by atomic mass is 9.64. The van der Waals surface area contributed by atoms with Crippen molar-refractivity contribution in [2.45, 2.75) is 52.5 Å². The van der Waals surface area contributed by atoms with Crippen LogP contribution in [-0.4, -0.2) is 13.7 Å². The lowest BCUT2D eigenvalue weighted by Crippen LogP contribution is -2.39. The molecule has 2 unspecified atom stereocenters. The molecule has 1 saturated carbocycles. The molecule has 0 amide bonds. The molecule has 0 spiro atoms. The summed E-state index contributed by atoms with van der Waals surface area (Å²) in [6.45, 7) is 7.66. The van der Waals surface area contributed by atoms with Crippen LogP contribution in [0.25, 0.3) is 0 Å². The second-order valence-electron chi connectivity index (χ2n) is 6.76. The van der Waals surface area contributed by atoms with Crippen LogP contribution >= 0.6 is 0 Å². The summed E-state index contributed by atoms with van der Waals surface area (Å²) >= 11 is 0. The zero-order valence-corrected chi connectivity index (χ0v) is 13.7. The second kappa shape index (κ2) is 6.78. The van der Waals surface area contributed by atoms with Crippen LogP contribution in [0.1, 0.15) is 58.1 Å². The number of halogens is 1. The molecule has 118 valence electrons. The molecule has 3 heteroatoms. The van der Waals surface area contributed by atoms with Gasteiger partial charge in [-0.05, 0) is 48.9 Å². The minimum atomic E-state index is -0.192. The Morgan fingerprint density at radius 1 is 1.38 bits per heavy atom. The Morgan fingerprint density at radius 2 is 2.14 bits per heavy atom. The third-order valence-electron chi connectivity index (χ3n) is 4.94. The summed E-state index contributed by atoms with van der Waals surface area (Å²) in [5.41, 5.74) is 1.22. The summed E-state index contributed by atoms with van der Waals surface area (Å²) in [5, 5.41) is 3.58. The number of methoxy groups -OCH3 is 1. The highest BCUT2D eigenvalue weighted by Gasteiger charge is 2.38. The number of rotatable bonds is 5. The van der Waals surface area contributed by atoms with E-state index in [1.165, 1.54) is 31.7 Å². The third-order valence-corrected chi connectivity index (χ3v) is 4.94. The lowest BCUT2D eigenvalue weighted by Gasteiger charge is -2.44. The molecular weight excluding hydrogens is 265 g/mol. The first-order chi connectivity index (χ1) is 9.99. The summed E-state index contributed by atoms with van der Waals surface area (Å²) in [4.78, 5) is 0. The monoisotopic (exact) mass is 293 g/mol. The van der Waals surface area contributed by atoms with Crippen LogP contribution in [0.15, 0.2) is 18.2 Å². The topological polar surface area (TPSA) is 21.3 Å². The average molecular weight is 293 g/mol. The van der Waals surface area contributed by atoms with E-state index >= 15 is 0 Å². The van der Waals surface area contributed by atoms with E-state index < -0.39 is 0 Å². The van der Waals surface area contributed by atoms with E-state index in [1.54, 1.807) is 19.2 Å². The maximum absolute atomic E-state index is 13.8. The largest absolute Gasteiger partial charge is 0.496 e. The van der Waals surface area contributed by atoms with Crippen molar-refractivity contribution in [3.05, 3.63) is 29.6 Å². The van der Waals surface area contributed by atoms with Crippen molar-refractivity contribution in [3.8, 4) is 5.75 Å². The molecule has 2 atom stereocenters. The maximum Gasteiger partial charge on any atom is 0.123 e. The number of nitrogens with one attached hydrogen (secondary N) is 1. The van der Waals surface area contributed by atoms with Crippen LogP contribution in [-0.2, 0) is 0 Å². The van der Waals surface area contributed by atoms with Gasteiger partial charge in [-0.15, -0.1) is 0 Å². The van der Waals surface area contributed by atoms with Crippen molar-refractivity contribution >= 4 is 0 Å². The average Bonchev–Trinajstić information content (AvgIpc) is 2.45. The molecule has 0 aliphatic heterocycles. The fourth-order valence-electron chi connectivity index (χ4n) is 3.78. The summed E-state index contributed by atoms with van der Waals surface area (Å²) in [6, 6.07) is 5.00. The highest BCUT2D eigenvalue weighted by atomic mass is 19.1. The Kier molecular flexibility index (Phi) is 5.26. The number of ether oxygens (including phenoxy) is 1. The van der Waals surface area contributed by atoms with Gasteiger partial charge in [-0.2, -0.15) is 0 Å². The predicted octanol–water partition coefficient (Wildman–Crippen LogP) is 4.70. The lowest BCUT2D eigenvalue weighted by molar-refractivity contribution is 0.0976. The Balaban J connectivity index is 2.40. The van der Waals surface area contributed by atoms with Crippen molar-refractivity contribution in [2.75, 3.05) is 13.7 Å². The van der Waals surface area contributed by atoms with E-state index in [0.717, 1.165) is 17.9 Å². The molecule has 0 saturated heterocycles. The van der Waals surface area contributed by atoms with Gasteiger partial charge >= 0.3 is 0 Å². The standard InChI is InChI=1S/C18H28FNO/c1-5-20-17(15-8-6-7-11-18(15,2)3)14-12-13(19)9-10-16(14)21-4/h9-10,12,15,17,20H,5-8,11H2,1-4H3. The highest BCUT2D eigenvalue weighted by Crippen LogP contribution is 2.48. The van der Waals surface area contributed by atoms with Crippen molar-refractivity contribution in [2.24, 2.45) is 11.3 Å². The summed E-state index contributed by atoms with van der Waals surface area (Å²) < 4.78 is 19.2. The minimum Gasteiger partial charge on any atom is -0.496 e. The van der Waals surface area contributed by atoms with E-state index in [0.29, 0.717) is 5.92 Å². The third kappa shape index (κ3) is 3.57. The van der Waals surface area contributed by atoms with Crippen LogP contribution in [0, 0.1) is 17.2 Å². The van der Waals surface area contributed by atoms with Gasteiger partial charge in [0.05, 0.1) is 7.11 Å². The number of hydrogen-bond donors (Lipinski definition) is 1. The first-order valence-electron chi connectivity index (χ1n) is 8.06. The van der Waals surface area contributed by atoms with Crippen LogP contribution in [0.5, 0.6) is 5.75 Å². The molecule has 2 rings (SSSR count). The maximum atomic E-state index is 13.8. The van der Waals surface area contributed by atoms with Gasteiger partial charge in [0.2, 0.25) is 0 Å². The minimum absolute atomic E-state index is 0.149. The Labute approximate surface area is 128 Å². The Hall–Kier alpha value is -1.09.